The first kappa shape index (κ1) is 10.4. The van der Waals surface area contributed by atoms with Crippen LogP contribution in [0.5, 0.6) is 0 Å². The summed E-state index contributed by atoms with van der Waals surface area (Å²) in [6.07, 6.45) is 6.16. The summed E-state index contributed by atoms with van der Waals surface area (Å²) >= 11 is 0. The molecule has 0 saturated carbocycles. The highest BCUT2D eigenvalue weighted by Crippen LogP contribution is 2.18. The van der Waals surface area contributed by atoms with Gasteiger partial charge in [-0.2, -0.15) is 0 Å². The highest BCUT2D eigenvalue weighted by atomic mass is 14.7. The monoisotopic (exact) mass is 201 g/mol. The van der Waals surface area contributed by atoms with Crippen LogP contribution < -0.4 is 0 Å². The summed E-state index contributed by atoms with van der Waals surface area (Å²) in [5.74, 6) is 0. The first-order chi connectivity index (χ1) is 7.42. The molecule has 80 valence electrons. The zero-order valence-corrected chi connectivity index (χ0v) is 9.50. The van der Waals surface area contributed by atoms with Crippen molar-refractivity contribution in [2.45, 2.75) is 39.0 Å². The van der Waals surface area contributed by atoms with Gasteiger partial charge in [-0.3, -0.25) is 4.99 Å². The Hall–Kier alpha value is -1.11. The van der Waals surface area contributed by atoms with Crippen LogP contribution in [-0.2, 0) is 6.42 Å². The zero-order valence-electron chi connectivity index (χ0n) is 9.50. The maximum absolute atomic E-state index is 4.66. The van der Waals surface area contributed by atoms with Gasteiger partial charge in [0, 0.05) is 12.3 Å². The third-order valence-electron chi connectivity index (χ3n) is 3.03. The van der Waals surface area contributed by atoms with Gasteiger partial charge in [0.1, 0.15) is 0 Å². The Bertz CT molecular complexity index is 352. The van der Waals surface area contributed by atoms with Crippen molar-refractivity contribution in [3.63, 3.8) is 0 Å². The Morgan fingerprint density at radius 2 is 2.07 bits per heavy atom. The molecule has 0 aliphatic carbocycles. The van der Waals surface area contributed by atoms with E-state index in [4.69, 9.17) is 0 Å². The number of rotatable bonds is 4. The van der Waals surface area contributed by atoms with E-state index < -0.39 is 0 Å². The topological polar surface area (TPSA) is 12.4 Å². The van der Waals surface area contributed by atoms with Crippen LogP contribution in [0.15, 0.2) is 29.3 Å². The van der Waals surface area contributed by atoms with E-state index in [1.807, 2.05) is 0 Å². The summed E-state index contributed by atoms with van der Waals surface area (Å²) in [5, 5.41) is 0. The van der Waals surface area contributed by atoms with Crippen molar-refractivity contribution in [3.05, 3.63) is 35.4 Å². The molecule has 0 atom stereocenters. The van der Waals surface area contributed by atoms with Gasteiger partial charge in [0.25, 0.3) is 0 Å². The molecule has 0 spiro atoms. The molecule has 0 amide bonds. The van der Waals surface area contributed by atoms with E-state index in [2.05, 4.69) is 36.2 Å². The standard InChI is InChI=1S/C14H19N/c1-2-3-4-9-14-13-8-6-5-7-12(13)10-11-15-14/h5-8H,2-4,9-11H2,1H3. The molecule has 1 aliphatic rings. The molecule has 1 aromatic rings. The summed E-state index contributed by atoms with van der Waals surface area (Å²) in [6.45, 7) is 3.23. The highest BCUT2D eigenvalue weighted by Gasteiger charge is 2.12. The van der Waals surface area contributed by atoms with Crippen molar-refractivity contribution in [1.29, 1.82) is 0 Å². The van der Waals surface area contributed by atoms with Crippen molar-refractivity contribution >= 4 is 5.71 Å². The van der Waals surface area contributed by atoms with Crippen LogP contribution in [0.2, 0.25) is 0 Å². The lowest BCUT2D eigenvalue weighted by Crippen LogP contribution is -2.12. The number of aliphatic imine (C=N–C) groups is 1. The predicted octanol–water partition coefficient (Wildman–Crippen LogP) is 3.61. The van der Waals surface area contributed by atoms with Crippen LogP contribution in [-0.4, -0.2) is 12.3 Å². The van der Waals surface area contributed by atoms with Gasteiger partial charge in [0.05, 0.1) is 0 Å². The van der Waals surface area contributed by atoms with Crippen molar-refractivity contribution in [1.82, 2.24) is 0 Å². The molecule has 0 aromatic heterocycles. The second-order valence-electron chi connectivity index (χ2n) is 4.19. The Morgan fingerprint density at radius 3 is 2.93 bits per heavy atom. The fraction of sp³-hybridized carbons (Fsp3) is 0.500. The van der Waals surface area contributed by atoms with Crippen LogP contribution in [0.4, 0.5) is 0 Å². The number of fused-ring (bicyclic) bond motifs is 1. The van der Waals surface area contributed by atoms with Crippen LogP contribution in [0.25, 0.3) is 0 Å². The van der Waals surface area contributed by atoms with Gasteiger partial charge in [0.2, 0.25) is 0 Å². The van der Waals surface area contributed by atoms with Gasteiger partial charge >= 0.3 is 0 Å². The van der Waals surface area contributed by atoms with E-state index in [0.29, 0.717) is 0 Å². The Kier molecular flexibility index (Phi) is 3.54. The zero-order chi connectivity index (χ0) is 10.5. The second-order valence-corrected chi connectivity index (χ2v) is 4.19. The lowest BCUT2D eigenvalue weighted by molar-refractivity contribution is 0.738. The van der Waals surface area contributed by atoms with Gasteiger partial charge in [0.15, 0.2) is 0 Å². The Labute approximate surface area is 92.2 Å². The van der Waals surface area contributed by atoms with E-state index in [9.17, 15) is 0 Å². The van der Waals surface area contributed by atoms with Gasteiger partial charge in [-0.15, -0.1) is 0 Å². The van der Waals surface area contributed by atoms with Crippen LogP contribution >= 0.6 is 0 Å². The third-order valence-corrected chi connectivity index (χ3v) is 3.03. The molecule has 1 heteroatoms. The Morgan fingerprint density at radius 1 is 1.20 bits per heavy atom. The van der Waals surface area contributed by atoms with Gasteiger partial charge in [-0.1, -0.05) is 44.0 Å². The summed E-state index contributed by atoms with van der Waals surface area (Å²) in [7, 11) is 0. The minimum Gasteiger partial charge on any atom is -0.289 e. The number of hydrogen-bond donors (Lipinski definition) is 0. The number of hydrogen-bond acceptors (Lipinski definition) is 1. The smallest absolute Gasteiger partial charge is 0.0433 e. The quantitative estimate of drug-likeness (QED) is 0.660. The normalized spacial score (nSPS) is 14.6. The summed E-state index contributed by atoms with van der Waals surface area (Å²) in [6, 6.07) is 8.72. The van der Waals surface area contributed by atoms with Gasteiger partial charge in [-0.25, -0.2) is 0 Å². The van der Waals surface area contributed by atoms with Gasteiger partial charge in [-0.05, 0) is 30.4 Å². The van der Waals surface area contributed by atoms with Crippen molar-refractivity contribution in [2.24, 2.45) is 4.99 Å². The van der Waals surface area contributed by atoms with E-state index in [-0.39, 0.29) is 0 Å². The molecule has 1 aliphatic heterocycles. The van der Waals surface area contributed by atoms with E-state index in [0.717, 1.165) is 19.4 Å². The average molecular weight is 201 g/mol. The number of nitrogens with zero attached hydrogens (tertiary/aromatic N) is 1. The molecule has 2 rings (SSSR count). The minimum absolute atomic E-state index is 0.985. The molecular formula is C14H19N. The van der Waals surface area contributed by atoms with Crippen molar-refractivity contribution in [2.75, 3.05) is 6.54 Å². The highest BCUT2D eigenvalue weighted by molar-refractivity contribution is 6.02. The lowest BCUT2D eigenvalue weighted by atomic mass is 9.95. The first-order valence-electron chi connectivity index (χ1n) is 6.03. The molecule has 0 unspecified atom stereocenters. The van der Waals surface area contributed by atoms with Crippen LogP contribution in [0.1, 0.15) is 43.7 Å². The third kappa shape index (κ3) is 2.47. The lowest BCUT2D eigenvalue weighted by Gasteiger charge is -2.16. The first-order valence-corrected chi connectivity index (χ1v) is 6.03. The summed E-state index contributed by atoms with van der Waals surface area (Å²) < 4.78 is 0. The van der Waals surface area contributed by atoms with Crippen molar-refractivity contribution in [3.8, 4) is 0 Å². The molecular weight excluding hydrogens is 182 g/mol. The largest absolute Gasteiger partial charge is 0.289 e. The van der Waals surface area contributed by atoms with E-state index in [1.165, 1.54) is 36.1 Å². The fourth-order valence-corrected chi connectivity index (χ4v) is 2.17. The SMILES string of the molecule is CCCCCC1=NCCc2ccccc21. The molecule has 0 radical (unpaired) electrons. The Balaban J connectivity index is 2.09. The second kappa shape index (κ2) is 5.11. The molecule has 1 heterocycles. The molecule has 0 fully saturated rings. The predicted molar refractivity (Wildman–Crippen MR) is 65.7 cm³/mol. The number of benzene rings is 1. The summed E-state index contributed by atoms with van der Waals surface area (Å²) in [4.78, 5) is 4.66. The van der Waals surface area contributed by atoms with Crippen LogP contribution in [0, 0.1) is 0 Å². The molecule has 0 saturated heterocycles. The fourth-order valence-electron chi connectivity index (χ4n) is 2.17. The average Bonchev–Trinajstić information content (AvgIpc) is 2.30. The maximum atomic E-state index is 4.66. The van der Waals surface area contributed by atoms with E-state index >= 15 is 0 Å². The molecule has 0 N–H and O–H groups in total. The number of unbranched alkanes of at least 4 members (excludes halogenated alkanes) is 2. The van der Waals surface area contributed by atoms with Crippen molar-refractivity contribution < 1.29 is 0 Å². The van der Waals surface area contributed by atoms with E-state index in [1.54, 1.807) is 0 Å². The molecule has 15 heavy (non-hydrogen) atoms. The van der Waals surface area contributed by atoms with Crippen LogP contribution in [0.3, 0.4) is 0 Å². The molecule has 0 bridgehead atoms. The van der Waals surface area contributed by atoms with Gasteiger partial charge < -0.3 is 0 Å². The maximum Gasteiger partial charge on any atom is 0.0433 e. The molecule has 1 nitrogen and oxygen atoms in total. The molecule has 1 aromatic carbocycles. The summed E-state index contributed by atoms with van der Waals surface area (Å²) in [5.41, 5.74) is 4.23. The minimum atomic E-state index is 0.985.